The molecule has 254 valence electrons. The van der Waals surface area contributed by atoms with Gasteiger partial charge in [-0.05, 0) is 57.6 Å². The summed E-state index contributed by atoms with van der Waals surface area (Å²) in [7, 11) is 0. The molecule has 3 heterocycles. The number of amides is 3. The molecule has 2 saturated heterocycles. The van der Waals surface area contributed by atoms with Crippen molar-refractivity contribution in [3.63, 3.8) is 0 Å². The van der Waals surface area contributed by atoms with E-state index in [2.05, 4.69) is 22.1 Å². The van der Waals surface area contributed by atoms with E-state index in [0.29, 0.717) is 5.75 Å². The zero-order chi connectivity index (χ0) is 34.3. The predicted molar refractivity (Wildman–Crippen MR) is 177 cm³/mol. The highest BCUT2D eigenvalue weighted by atomic mass is 16.6. The number of nitrogens with one attached hydrogen (secondary N) is 2. The molecule has 3 amide bonds. The van der Waals surface area contributed by atoms with Gasteiger partial charge in [-0.15, -0.1) is 6.58 Å². The second-order valence-electron chi connectivity index (χ2n) is 14.9. The van der Waals surface area contributed by atoms with Crippen LogP contribution in [0, 0.1) is 11.3 Å². The average molecular weight is 650 g/mol. The Morgan fingerprint density at radius 1 is 1.11 bits per heavy atom. The zero-order valence-electron chi connectivity index (χ0n) is 28.2. The first-order valence-electron chi connectivity index (χ1n) is 16.3. The molecule has 0 bridgehead atoms. The van der Waals surface area contributed by atoms with Gasteiger partial charge in [0.2, 0.25) is 11.8 Å². The lowest BCUT2D eigenvalue weighted by Gasteiger charge is -2.35. The number of anilines is 1. The van der Waals surface area contributed by atoms with Crippen LogP contribution < -0.4 is 20.3 Å². The summed E-state index contributed by atoms with van der Waals surface area (Å²) < 4.78 is 12.1. The van der Waals surface area contributed by atoms with Crippen molar-refractivity contribution in [2.45, 2.75) is 96.6 Å². The highest BCUT2D eigenvalue weighted by Gasteiger charge is 2.61. The minimum absolute atomic E-state index is 0.0418. The molecule has 12 heteroatoms. The maximum Gasteiger partial charge on any atom is 0.408 e. The number of carboxylic acid groups (broad SMARTS) is 1. The van der Waals surface area contributed by atoms with Crippen molar-refractivity contribution in [2.24, 2.45) is 11.3 Å². The molecule has 12 nitrogen and oxygen atoms in total. The Balaban J connectivity index is 1.46. The molecule has 47 heavy (non-hydrogen) atoms. The SMILES string of the molecule is C=C[C@H]1CC1(NC(=O)[C@@H]1C[C@@H](Oc2cc(N3CCCC3)nc3ccccc23)CN1C(=O)[C@@H](NC(=O)OC(C)(C)C)C(C)(C)C)C(=O)O. The summed E-state index contributed by atoms with van der Waals surface area (Å²) in [5.41, 5.74) is -2.25. The van der Waals surface area contributed by atoms with Gasteiger partial charge in [-0.25, -0.2) is 14.6 Å². The fourth-order valence-corrected chi connectivity index (χ4v) is 6.45. The van der Waals surface area contributed by atoms with Crippen LogP contribution in [-0.2, 0) is 19.1 Å². The van der Waals surface area contributed by atoms with Crippen LogP contribution in [0.25, 0.3) is 10.9 Å². The Hall–Kier alpha value is -4.35. The minimum atomic E-state index is -1.48. The number of aliphatic carboxylic acids is 1. The third-order valence-electron chi connectivity index (χ3n) is 9.04. The number of nitrogens with zero attached hydrogens (tertiary/aromatic N) is 3. The molecule has 1 saturated carbocycles. The van der Waals surface area contributed by atoms with Gasteiger partial charge in [0, 0.05) is 36.9 Å². The molecule has 1 aromatic heterocycles. The number of alkyl carbamates (subject to hydrolysis) is 1. The number of likely N-dealkylation sites (tertiary alicyclic amines) is 1. The van der Waals surface area contributed by atoms with Gasteiger partial charge in [0.1, 0.15) is 40.9 Å². The van der Waals surface area contributed by atoms with Gasteiger partial charge < -0.3 is 35.0 Å². The minimum Gasteiger partial charge on any atom is -0.488 e. The molecule has 5 rings (SSSR count). The van der Waals surface area contributed by atoms with Crippen LogP contribution in [0.4, 0.5) is 10.6 Å². The molecule has 0 radical (unpaired) electrons. The van der Waals surface area contributed by atoms with Gasteiger partial charge >= 0.3 is 12.1 Å². The number of fused-ring (bicyclic) bond motifs is 1. The maximum absolute atomic E-state index is 14.4. The first-order chi connectivity index (χ1) is 22.0. The fourth-order valence-electron chi connectivity index (χ4n) is 6.45. The summed E-state index contributed by atoms with van der Waals surface area (Å²) in [6.45, 7) is 16.2. The molecule has 3 fully saturated rings. The molecule has 3 aliphatic rings. The summed E-state index contributed by atoms with van der Waals surface area (Å²) in [5.74, 6) is -1.28. The summed E-state index contributed by atoms with van der Waals surface area (Å²) >= 11 is 0. The average Bonchev–Trinajstić information content (AvgIpc) is 3.30. The van der Waals surface area contributed by atoms with E-state index in [0.717, 1.165) is 42.7 Å². The van der Waals surface area contributed by atoms with Gasteiger partial charge in [-0.2, -0.15) is 0 Å². The Labute approximate surface area is 275 Å². The van der Waals surface area contributed by atoms with Gasteiger partial charge in [0.05, 0.1) is 12.1 Å². The first-order valence-corrected chi connectivity index (χ1v) is 16.3. The first kappa shape index (κ1) is 34.0. The van der Waals surface area contributed by atoms with Gasteiger partial charge in [-0.3, -0.25) is 9.59 Å². The second kappa shape index (κ2) is 12.7. The molecule has 3 N–H and O–H groups in total. The van der Waals surface area contributed by atoms with Gasteiger partial charge in [-0.1, -0.05) is 39.0 Å². The Morgan fingerprint density at radius 3 is 2.38 bits per heavy atom. The van der Waals surface area contributed by atoms with E-state index in [4.69, 9.17) is 14.5 Å². The van der Waals surface area contributed by atoms with Gasteiger partial charge in [0.15, 0.2) is 0 Å². The number of benzene rings is 1. The number of carbonyl (C=O) groups excluding carboxylic acids is 3. The highest BCUT2D eigenvalue weighted by Crippen LogP contribution is 2.45. The predicted octanol–water partition coefficient (Wildman–Crippen LogP) is 4.27. The lowest BCUT2D eigenvalue weighted by molar-refractivity contribution is -0.146. The number of rotatable bonds is 9. The van der Waals surface area contributed by atoms with Crippen molar-refractivity contribution in [3.8, 4) is 5.75 Å². The van der Waals surface area contributed by atoms with Crippen LogP contribution in [0.3, 0.4) is 0 Å². The third kappa shape index (κ3) is 7.31. The van der Waals surface area contributed by atoms with E-state index in [1.54, 1.807) is 20.8 Å². The molecule has 2 aromatic rings. The number of carboxylic acids is 1. The molecule has 1 aliphatic carbocycles. The highest BCUT2D eigenvalue weighted by molar-refractivity contribution is 5.96. The van der Waals surface area contributed by atoms with E-state index in [1.807, 2.05) is 51.1 Å². The smallest absolute Gasteiger partial charge is 0.408 e. The lowest BCUT2D eigenvalue weighted by atomic mass is 9.85. The summed E-state index contributed by atoms with van der Waals surface area (Å²) in [6, 6.07) is 7.48. The number of pyridine rings is 1. The Morgan fingerprint density at radius 2 is 1.79 bits per heavy atom. The van der Waals surface area contributed by atoms with Crippen molar-refractivity contribution >= 4 is 40.6 Å². The summed E-state index contributed by atoms with van der Waals surface area (Å²) in [6.07, 6.45) is 2.65. The molecule has 1 aromatic carbocycles. The lowest BCUT2D eigenvalue weighted by Crippen LogP contribution is -2.59. The van der Waals surface area contributed by atoms with Crippen molar-refractivity contribution in [1.82, 2.24) is 20.5 Å². The molecular weight excluding hydrogens is 602 g/mol. The van der Waals surface area contributed by atoms with E-state index in [1.165, 1.54) is 11.0 Å². The van der Waals surface area contributed by atoms with Crippen LogP contribution in [0.15, 0.2) is 43.0 Å². The van der Waals surface area contributed by atoms with Crippen molar-refractivity contribution in [3.05, 3.63) is 43.0 Å². The van der Waals surface area contributed by atoms with Crippen LogP contribution in [0.5, 0.6) is 5.75 Å². The van der Waals surface area contributed by atoms with Crippen LogP contribution >= 0.6 is 0 Å². The summed E-state index contributed by atoms with van der Waals surface area (Å²) in [4.78, 5) is 61.8. The Kier molecular flexibility index (Phi) is 9.18. The number of ether oxygens (including phenoxy) is 2. The van der Waals surface area contributed by atoms with Crippen LogP contribution in [0.1, 0.15) is 67.2 Å². The molecule has 1 unspecified atom stereocenters. The van der Waals surface area contributed by atoms with E-state index in [-0.39, 0.29) is 19.4 Å². The molecular formula is C35H47N5O7. The standard InChI is InChI=1S/C35H47N5O7/c1-8-21-19-35(21,31(43)44)38-29(41)25-17-22(20-40(25)30(42)28(33(2,3)4)37-32(45)47-34(5,6)7)46-26-18-27(39-15-11-12-16-39)36-24-14-10-9-13-23(24)26/h8-10,13-14,18,21-22,25,28H,1,11-12,15-17,19-20H2,2-7H3,(H,37,45)(H,38,41)(H,43,44)/t21-,22+,25-,28+,35?/m0/s1. The van der Waals surface area contributed by atoms with Crippen LogP contribution in [-0.4, -0.2) is 87.8 Å². The number of hydrogen-bond acceptors (Lipinski definition) is 8. The fraction of sp³-hybridized carbons (Fsp3) is 0.571. The number of carbonyl (C=O) groups is 4. The zero-order valence-corrected chi connectivity index (χ0v) is 28.2. The third-order valence-corrected chi connectivity index (χ3v) is 9.04. The summed E-state index contributed by atoms with van der Waals surface area (Å²) in [5, 5.41) is 16.2. The molecule has 2 aliphatic heterocycles. The largest absolute Gasteiger partial charge is 0.488 e. The van der Waals surface area contributed by atoms with Gasteiger partial charge in [0.25, 0.3) is 0 Å². The Bertz CT molecular complexity index is 1560. The second-order valence-corrected chi connectivity index (χ2v) is 14.9. The topological polar surface area (TPSA) is 150 Å². The van der Waals surface area contributed by atoms with Crippen molar-refractivity contribution < 1.29 is 33.8 Å². The monoisotopic (exact) mass is 649 g/mol. The normalized spacial score (nSPS) is 24.9. The van der Waals surface area contributed by atoms with E-state index >= 15 is 0 Å². The molecule has 5 atom stereocenters. The quantitative estimate of drug-likeness (QED) is 0.339. The van der Waals surface area contributed by atoms with E-state index in [9.17, 15) is 24.3 Å². The van der Waals surface area contributed by atoms with Crippen molar-refractivity contribution in [1.29, 1.82) is 0 Å². The maximum atomic E-state index is 14.4. The van der Waals surface area contributed by atoms with Crippen molar-refractivity contribution in [2.75, 3.05) is 24.5 Å². The molecule has 0 spiro atoms. The van der Waals surface area contributed by atoms with E-state index < -0.39 is 64.5 Å². The number of para-hydroxylation sites is 1. The number of aromatic nitrogens is 1. The number of hydrogen-bond donors (Lipinski definition) is 3. The van der Waals surface area contributed by atoms with Crippen LogP contribution in [0.2, 0.25) is 0 Å².